The number of halogens is 3. The quantitative estimate of drug-likeness (QED) is 0.145. The van der Waals surface area contributed by atoms with Crippen molar-refractivity contribution in [2.75, 3.05) is 18.1 Å². The van der Waals surface area contributed by atoms with Gasteiger partial charge >= 0.3 is 18.3 Å². The highest BCUT2D eigenvalue weighted by Gasteiger charge is 2.37. The third-order valence-corrected chi connectivity index (χ3v) is 6.62. The first kappa shape index (κ1) is 30.0. The van der Waals surface area contributed by atoms with Crippen LogP contribution in [0.2, 0.25) is 0 Å². The van der Waals surface area contributed by atoms with Gasteiger partial charge in [0.15, 0.2) is 0 Å². The molecule has 1 aliphatic carbocycles. The molecule has 0 aliphatic heterocycles. The lowest BCUT2D eigenvalue weighted by molar-refractivity contribution is -0.345. The van der Waals surface area contributed by atoms with Gasteiger partial charge in [0.1, 0.15) is 5.75 Å². The maximum atomic E-state index is 12.4. The number of anilines is 2. The Kier molecular flexibility index (Phi) is 10.8. The number of hydrogen-bond donors (Lipinski definition) is 2. The van der Waals surface area contributed by atoms with E-state index in [9.17, 15) is 22.8 Å². The van der Waals surface area contributed by atoms with Gasteiger partial charge in [-0.15, -0.1) is 13.2 Å². The van der Waals surface area contributed by atoms with Gasteiger partial charge in [0.05, 0.1) is 18.6 Å². The van der Waals surface area contributed by atoms with Crippen LogP contribution in [-0.4, -0.2) is 31.0 Å². The van der Waals surface area contributed by atoms with Gasteiger partial charge in [-0.2, -0.15) is 0 Å². The average molecular weight is 549 g/mol. The summed E-state index contributed by atoms with van der Waals surface area (Å²) in [6.45, 7) is 2.29. The van der Waals surface area contributed by atoms with E-state index in [2.05, 4.69) is 11.7 Å². The Morgan fingerprint density at radius 2 is 1.67 bits per heavy atom. The molecule has 0 heterocycles. The number of esters is 2. The van der Waals surface area contributed by atoms with E-state index >= 15 is 0 Å². The Morgan fingerprint density at radius 3 is 2.26 bits per heavy atom. The van der Waals surface area contributed by atoms with E-state index in [1.165, 1.54) is 6.08 Å². The molecule has 1 aliphatic rings. The predicted octanol–water partition coefficient (Wildman–Crippen LogP) is 6.38. The van der Waals surface area contributed by atoms with Crippen molar-refractivity contribution in [2.45, 2.75) is 70.3 Å². The zero-order valence-electron chi connectivity index (χ0n) is 21.9. The Bertz CT molecular complexity index is 1110. The first-order chi connectivity index (χ1) is 18.5. The van der Waals surface area contributed by atoms with Crippen LogP contribution in [0.3, 0.4) is 0 Å². The number of ether oxygens (including phenoxy) is 3. The van der Waals surface area contributed by atoms with E-state index in [4.69, 9.17) is 20.9 Å². The van der Waals surface area contributed by atoms with Gasteiger partial charge in [0.2, 0.25) is 0 Å². The highest BCUT2D eigenvalue weighted by atomic mass is 19.4. The lowest BCUT2D eigenvalue weighted by atomic mass is 9.87. The van der Waals surface area contributed by atoms with Crippen LogP contribution in [0.15, 0.2) is 48.5 Å². The van der Waals surface area contributed by atoms with Crippen molar-refractivity contribution >= 4 is 29.4 Å². The van der Waals surface area contributed by atoms with Crippen molar-refractivity contribution in [1.29, 1.82) is 0 Å². The van der Waals surface area contributed by atoms with Crippen LogP contribution in [0.5, 0.6) is 5.75 Å². The van der Waals surface area contributed by atoms with Crippen molar-refractivity contribution in [3.05, 3.63) is 59.7 Å². The summed E-state index contributed by atoms with van der Waals surface area (Å²) in [5.41, 5.74) is 14.6. The molecule has 1 fully saturated rings. The standard InChI is InChI=1S/C29H35F3N2O5/c1-2-3-4-21(22-15-23(33)17-24(34)16-22)18-37-27(35)14-7-19-5-10-25(11-6-19)38-28(36)20-8-12-26(13-9-20)39-29(30,31)32/h5-7,10-11,14-17,20-21,26H,2-4,8-9,12-13,18,33-34H2,1H3/b14-7+. The maximum Gasteiger partial charge on any atom is 0.522 e. The minimum atomic E-state index is -4.67. The topological polar surface area (TPSA) is 114 Å². The number of unbranched alkanes of at least 4 members (excludes halogenated alkanes) is 1. The SMILES string of the molecule is CCCCC(COC(=O)/C=C/c1ccc(OC(=O)C2CCC(OC(F)(F)F)CC2)cc1)c1cc(N)cc(N)c1. The summed E-state index contributed by atoms with van der Waals surface area (Å²) >= 11 is 0. The number of rotatable bonds is 11. The number of nitrogens with two attached hydrogens (primary N) is 2. The van der Waals surface area contributed by atoms with Gasteiger partial charge in [0, 0.05) is 23.4 Å². The molecule has 0 spiro atoms. The number of nitrogen functional groups attached to an aromatic ring is 2. The lowest BCUT2D eigenvalue weighted by Gasteiger charge is -2.27. The Hall–Kier alpha value is -3.53. The molecule has 1 unspecified atom stereocenters. The van der Waals surface area contributed by atoms with Crippen LogP contribution in [0, 0.1) is 5.92 Å². The molecule has 0 bridgehead atoms. The average Bonchev–Trinajstić information content (AvgIpc) is 2.87. The third-order valence-electron chi connectivity index (χ3n) is 6.62. The van der Waals surface area contributed by atoms with E-state index in [1.54, 1.807) is 36.4 Å². The summed E-state index contributed by atoms with van der Waals surface area (Å²) in [4.78, 5) is 24.8. The van der Waals surface area contributed by atoms with E-state index in [-0.39, 0.29) is 38.2 Å². The van der Waals surface area contributed by atoms with E-state index < -0.39 is 30.3 Å². The smallest absolute Gasteiger partial charge is 0.462 e. The number of benzene rings is 2. The molecule has 3 rings (SSSR count). The molecule has 1 saturated carbocycles. The van der Waals surface area contributed by atoms with Crippen molar-refractivity contribution in [3.63, 3.8) is 0 Å². The van der Waals surface area contributed by atoms with Crippen LogP contribution in [-0.2, 0) is 19.1 Å². The molecule has 1 atom stereocenters. The van der Waals surface area contributed by atoms with Crippen LogP contribution in [0.4, 0.5) is 24.5 Å². The Balaban J connectivity index is 1.47. The highest BCUT2D eigenvalue weighted by molar-refractivity contribution is 5.87. The summed E-state index contributed by atoms with van der Waals surface area (Å²) in [6.07, 6.45) is 0.959. The molecule has 4 N–H and O–H groups in total. The molecule has 2 aromatic rings. The molecular weight excluding hydrogens is 513 g/mol. The second-order valence-electron chi connectivity index (χ2n) is 9.76. The Labute approximate surface area is 226 Å². The third kappa shape index (κ3) is 10.3. The summed E-state index contributed by atoms with van der Waals surface area (Å²) in [7, 11) is 0. The van der Waals surface area contributed by atoms with Gasteiger partial charge in [-0.1, -0.05) is 31.9 Å². The molecule has 0 aromatic heterocycles. The second-order valence-corrected chi connectivity index (χ2v) is 9.76. The summed E-state index contributed by atoms with van der Waals surface area (Å²) in [5, 5.41) is 0. The molecule has 0 amide bonds. The van der Waals surface area contributed by atoms with Gasteiger partial charge < -0.3 is 20.9 Å². The fourth-order valence-electron chi connectivity index (χ4n) is 4.58. The van der Waals surface area contributed by atoms with Gasteiger partial charge in [-0.25, -0.2) is 4.79 Å². The summed E-state index contributed by atoms with van der Waals surface area (Å²) < 4.78 is 52.0. The minimum Gasteiger partial charge on any atom is -0.462 e. The normalized spacial score (nSPS) is 18.6. The van der Waals surface area contributed by atoms with E-state index in [0.29, 0.717) is 22.7 Å². The molecule has 0 radical (unpaired) electrons. The van der Waals surface area contributed by atoms with Crippen molar-refractivity contribution < 1.29 is 37.0 Å². The van der Waals surface area contributed by atoms with Gasteiger partial charge in [0.25, 0.3) is 0 Å². The van der Waals surface area contributed by atoms with Gasteiger partial charge in [-0.05, 0) is 79.6 Å². The zero-order valence-corrected chi connectivity index (χ0v) is 21.9. The minimum absolute atomic E-state index is 0.0192. The zero-order chi connectivity index (χ0) is 28.4. The number of hydrogen-bond acceptors (Lipinski definition) is 7. The van der Waals surface area contributed by atoms with Crippen LogP contribution in [0.25, 0.3) is 6.08 Å². The predicted molar refractivity (Wildman–Crippen MR) is 142 cm³/mol. The second kappa shape index (κ2) is 14.0. The largest absolute Gasteiger partial charge is 0.522 e. The molecular formula is C29H35F3N2O5. The lowest BCUT2D eigenvalue weighted by Crippen LogP contribution is -2.32. The van der Waals surface area contributed by atoms with Crippen molar-refractivity contribution in [2.24, 2.45) is 5.92 Å². The molecule has 0 saturated heterocycles. The number of carbonyl (C=O) groups is 2. The van der Waals surface area contributed by atoms with Crippen LogP contribution < -0.4 is 16.2 Å². The fraction of sp³-hybridized carbons (Fsp3) is 0.448. The molecule has 10 heteroatoms. The summed E-state index contributed by atoms with van der Waals surface area (Å²) in [6, 6.07) is 11.9. The van der Waals surface area contributed by atoms with Crippen LogP contribution >= 0.6 is 0 Å². The highest BCUT2D eigenvalue weighted by Crippen LogP contribution is 2.32. The summed E-state index contributed by atoms with van der Waals surface area (Å²) in [5.74, 6) is -1.15. The first-order valence-electron chi connectivity index (χ1n) is 13.1. The molecule has 212 valence electrons. The van der Waals surface area contributed by atoms with Gasteiger partial charge in [-0.3, -0.25) is 9.53 Å². The van der Waals surface area contributed by atoms with Crippen molar-refractivity contribution in [1.82, 2.24) is 0 Å². The Morgan fingerprint density at radius 1 is 1.03 bits per heavy atom. The van der Waals surface area contributed by atoms with E-state index in [0.717, 1.165) is 24.8 Å². The molecule has 39 heavy (non-hydrogen) atoms. The molecule has 2 aromatic carbocycles. The first-order valence-corrected chi connectivity index (χ1v) is 13.1. The number of carbonyl (C=O) groups excluding carboxylic acids is 2. The van der Waals surface area contributed by atoms with Crippen molar-refractivity contribution in [3.8, 4) is 5.75 Å². The van der Waals surface area contributed by atoms with E-state index in [1.807, 2.05) is 12.1 Å². The van der Waals surface area contributed by atoms with Crippen LogP contribution in [0.1, 0.15) is 68.9 Å². The number of alkyl halides is 3. The monoisotopic (exact) mass is 548 g/mol. The maximum absolute atomic E-state index is 12.4. The fourth-order valence-corrected chi connectivity index (χ4v) is 4.58. The molecule has 7 nitrogen and oxygen atoms in total.